The van der Waals surface area contributed by atoms with Crippen LogP contribution in [-0.2, 0) is 4.79 Å². The highest BCUT2D eigenvalue weighted by Gasteiger charge is 2.26. The summed E-state index contributed by atoms with van der Waals surface area (Å²) >= 11 is 0. The minimum absolute atomic E-state index is 0.0294. The Labute approximate surface area is 92.3 Å². The number of carbonyl (C=O) groups is 1. The summed E-state index contributed by atoms with van der Waals surface area (Å²) in [5.74, 6) is 0.0294. The fourth-order valence-corrected chi connectivity index (χ4v) is 1.88. The number of carbonyl (C=O) groups excluding carboxylic acids is 1. The molecule has 0 bridgehead atoms. The molecular formula is C12H22N2O. The molecule has 0 spiro atoms. The second-order valence-corrected chi connectivity index (χ2v) is 5.03. The molecule has 1 unspecified atom stereocenters. The number of rotatable bonds is 3. The van der Waals surface area contributed by atoms with Crippen molar-refractivity contribution in [1.29, 1.82) is 0 Å². The maximum absolute atomic E-state index is 11.4. The number of hydrogen-bond donors (Lipinski definition) is 2. The Morgan fingerprint density at radius 2 is 2.27 bits per heavy atom. The van der Waals surface area contributed by atoms with Crippen molar-refractivity contribution in [3.05, 3.63) is 11.6 Å². The fraction of sp³-hybridized carbons (Fsp3) is 0.750. The molecule has 0 aromatic heterocycles. The maximum Gasteiger partial charge on any atom is 0.243 e. The van der Waals surface area contributed by atoms with E-state index in [1.807, 2.05) is 13.8 Å². The first-order chi connectivity index (χ1) is 7.02. The molecule has 0 radical (unpaired) electrons. The highest BCUT2D eigenvalue weighted by Crippen LogP contribution is 2.23. The molecule has 3 nitrogen and oxygen atoms in total. The Morgan fingerprint density at radius 3 is 2.80 bits per heavy atom. The van der Waals surface area contributed by atoms with Crippen LogP contribution in [0.15, 0.2) is 11.6 Å². The smallest absolute Gasteiger partial charge is 0.243 e. The molecule has 0 aliphatic carbocycles. The number of hydrogen-bond acceptors (Lipinski definition) is 2. The molecule has 2 N–H and O–H groups in total. The van der Waals surface area contributed by atoms with Crippen molar-refractivity contribution in [2.45, 2.75) is 33.6 Å². The third kappa shape index (κ3) is 4.47. The lowest BCUT2D eigenvalue weighted by molar-refractivity contribution is -0.117. The molecule has 0 aromatic carbocycles. The first-order valence-corrected chi connectivity index (χ1v) is 5.65. The van der Waals surface area contributed by atoms with Gasteiger partial charge in [-0.25, -0.2) is 0 Å². The first-order valence-electron chi connectivity index (χ1n) is 5.65. The molecule has 15 heavy (non-hydrogen) atoms. The van der Waals surface area contributed by atoms with Crippen molar-refractivity contribution in [1.82, 2.24) is 10.6 Å². The first kappa shape index (κ1) is 12.2. The molecule has 1 rings (SSSR count). The SMILES string of the molecule is CC(C)=CC(=O)NCC1(C)CCCNC1. The van der Waals surface area contributed by atoms with Gasteiger partial charge in [0, 0.05) is 19.2 Å². The molecule has 1 heterocycles. The van der Waals surface area contributed by atoms with Gasteiger partial charge in [-0.15, -0.1) is 0 Å². The second kappa shape index (κ2) is 5.31. The number of amides is 1. The van der Waals surface area contributed by atoms with E-state index in [0.29, 0.717) is 0 Å². The average molecular weight is 210 g/mol. The van der Waals surface area contributed by atoms with E-state index in [4.69, 9.17) is 0 Å². The predicted molar refractivity (Wildman–Crippen MR) is 62.7 cm³/mol. The molecule has 1 aliphatic rings. The van der Waals surface area contributed by atoms with E-state index in [-0.39, 0.29) is 11.3 Å². The van der Waals surface area contributed by atoms with Crippen molar-refractivity contribution >= 4 is 5.91 Å². The summed E-state index contributed by atoms with van der Waals surface area (Å²) in [5, 5.41) is 6.34. The summed E-state index contributed by atoms with van der Waals surface area (Å²) in [6.07, 6.45) is 4.05. The number of allylic oxidation sites excluding steroid dienone is 1. The normalized spacial score (nSPS) is 25.8. The third-order valence-electron chi connectivity index (χ3n) is 2.79. The van der Waals surface area contributed by atoms with Crippen LogP contribution in [0.4, 0.5) is 0 Å². The molecule has 1 aliphatic heterocycles. The molecular weight excluding hydrogens is 188 g/mol. The van der Waals surface area contributed by atoms with Gasteiger partial charge in [0.15, 0.2) is 0 Å². The average Bonchev–Trinajstić information content (AvgIpc) is 2.15. The summed E-state index contributed by atoms with van der Waals surface area (Å²) in [6, 6.07) is 0. The zero-order valence-electron chi connectivity index (χ0n) is 10.0. The lowest BCUT2D eigenvalue weighted by Crippen LogP contribution is -2.45. The minimum Gasteiger partial charge on any atom is -0.352 e. The van der Waals surface area contributed by atoms with Crippen LogP contribution in [0.1, 0.15) is 33.6 Å². The second-order valence-electron chi connectivity index (χ2n) is 5.03. The largest absolute Gasteiger partial charge is 0.352 e. The third-order valence-corrected chi connectivity index (χ3v) is 2.79. The van der Waals surface area contributed by atoms with Crippen LogP contribution in [0.2, 0.25) is 0 Å². The van der Waals surface area contributed by atoms with Crippen LogP contribution in [0.5, 0.6) is 0 Å². The van der Waals surface area contributed by atoms with Crippen LogP contribution < -0.4 is 10.6 Å². The Hall–Kier alpha value is -0.830. The lowest BCUT2D eigenvalue weighted by atomic mass is 9.83. The van der Waals surface area contributed by atoms with Crippen LogP contribution >= 0.6 is 0 Å². The van der Waals surface area contributed by atoms with Gasteiger partial charge in [0.1, 0.15) is 0 Å². The molecule has 0 saturated carbocycles. The Bertz CT molecular complexity index is 248. The van der Waals surface area contributed by atoms with E-state index in [0.717, 1.165) is 25.2 Å². The zero-order valence-corrected chi connectivity index (χ0v) is 10.0. The van der Waals surface area contributed by atoms with E-state index in [1.165, 1.54) is 12.8 Å². The number of nitrogens with one attached hydrogen (secondary N) is 2. The fourth-order valence-electron chi connectivity index (χ4n) is 1.88. The van der Waals surface area contributed by atoms with Gasteiger partial charge in [-0.05, 0) is 38.6 Å². The van der Waals surface area contributed by atoms with E-state index in [9.17, 15) is 4.79 Å². The molecule has 0 aromatic rings. The summed E-state index contributed by atoms with van der Waals surface area (Å²) in [5.41, 5.74) is 1.27. The quantitative estimate of drug-likeness (QED) is 0.692. The minimum atomic E-state index is 0.0294. The van der Waals surface area contributed by atoms with Gasteiger partial charge in [0.25, 0.3) is 0 Å². The van der Waals surface area contributed by atoms with Crippen LogP contribution in [0, 0.1) is 5.41 Å². The maximum atomic E-state index is 11.4. The zero-order chi connectivity index (χ0) is 11.3. The molecule has 1 saturated heterocycles. The van der Waals surface area contributed by atoms with Crippen LogP contribution in [0.3, 0.4) is 0 Å². The molecule has 1 fully saturated rings. The van der Waals surface area contributed by atoms with Crippen molar-refractivity contribution in [3.8, 4) is 0 Å². The molecule has 1 atom stereocenters. The van der Waals surface area contributed by atoms with Crippen LogP contribution in [-0.4, -0.2) is 25.5 Å². The standard InChI is InChI=1S/C12H22N2O/c1-10(2)7-11(15)14-9-12(3)5-4-6-13-8-12/h7,13H,4-6,8-9H2,1-3H3,(H,14,15). The van der Waals surface area contributed by atoms with Crippen molar-refractivity contribution in [2.24, 2.45) is 5.41 Å². The van der Waals surface area contributed by atoms with Crippen molar-refractivity contribution in [2.75, 3.05) is 19.6 Å². The summed E-state index contributed by atoms with van der Waals surface area (Å²) < 4.78 is 0. The Morgan fingerprint density at radius 1 is 1.53 bits per heavy atom. The van der Waals surface area contributed by atoms with Gasteiger partial charge in [0.05, 0.1) is 0 Å². The van der Waals surface area contributed by atoms with E-state index in [1.54, 1.807) is 6.08 Å². The monoisotopic (exact) mass is 210 g/mol. The van der Waals surface area contributed by atoms with E-state index < -0.39 is 0 Å². The Balaban J connectivity index is 2.35. The van der Waals surface area contributed by atoms with Gasteiger partial charge >= 0.3 is 0 Å². The highest BCUT2D eigenvalue weighted by molar-refractivity contribution is 5.88. The van der Waals surface area contributed by atoms with Gasteiger partial charge in [0.2, 0.25) is 5.91 Å². The van der Waals surface area contributed by atoms with Gasteiger partial charge in [-0.1, -0.05) is 12.5 Å². The van der Waals surface area contributed by atoms with Gasteiger partial charge in [-0.2, -0.15) is 0 Å². The van der Waals surface area contributed by atoms with Crippen LogP contribution in [0.25, 0.3) is 0 Å². The summed E-state index contributed by atoms with van der Waals surface area (Å²) in [4.78, 5) is 11.4. The summed E-state index contributed by atoms with van der Waals surface area (Å²) in [6.45, 7) is 8.97. The van der Waals surface area contributed by atoms with E-state index >= 15 is 0 Å². The topological polar surface area (TPSA) is 41.1 Å². The molecule has 3 heteroatoms. The van der Waals surface area contributed by atoms with E-state index in [2.05, 4.69) is 17.6 Å². The Kier molecular flexibility index (Phi) is 4.33. The molecule has 86 valence electrons. The number of piperidine rings is 1. The highest BCUT2D eigenvalue weighted by atomic mass is 16.1. The van der Waals surface area contributed by atoms with Gasteiger partial charge < -0.3 is 10.6 Å². The predicted octanol–water partition coefficient (Wildman–Crippen LogP) is 1.46. The van der Waals surface area contributed by atoms with Crippen molar-refractivity contribution in [3.63, 3.8) is 0 Å². The van der Waals surface area contributed by atoms with Crippen molar-refractivity contribution < 1.29 is 4.79 Å². The summed E-state index contributed by atoms with van der Waals surface area (Å²) in [7, 11) is 0. The molecule has 1 amide bonds. The van der Waals surface area contributed by atoms with Gasteiger partial charge in [-0.3, -0.25) is 4.79 Å². The lowest BCUT2D eigenvalue weighted by Gasteiger charge is -2.34.